The predicted octanol–water partition coefficient (Wildman–Crippen LogP) is 2.80. The van der Waals surface area contributed by atoms with Crippen molar-refractivity contribution in [2.75, 3.05) is 32.6 Å². The third-order valence-electron chi connectivity index (χ3n) is 3.91. The smallest absolute Gasteiger partial charge is 0.159 e. The number of anilines is 1. The van der Waals surface area contributed by atoms with Gasteiger partial charge in [0.2, 0.25) is 0 Å². The van der Waals surface area contributed by atoms with E-state index in [1.165, 1.54) is 6.42 Å². The van der Waals surface area contributed by atoms with Gasteiger partial charge >= 0.3 is 0 Å². The van der Waals surface area contributed by atoms with Crippen LogP contribution in [0.25, 0.3) is 10.8 Å². The highest BCUT2D eigenvalue weighted by molar-refractivity contribution is 6.34. The Hall–Kier alpha value is -1.59. The van der Waals surface area contributed by atoms with Gasteiger partial charge in [0.25, 0.3) is 0 Å². The number of methoxy groups -OCH3 is 1. The molecular weight excluding hydrogens is 288 g/mol. The molecule has 1 fully saturated rings. The van der Waals surface area contributed by atoms with E-state index in [-0.39, 0.29) is 0 Å². The summed E-state index contributed by atoms with van der Waals surface area (Å²) in [6.45, 7) is 2.17. The fourth-order valence-electron chi connectivity index (χ4n) is 2.81. The van der Waals surface area contributed by atoms with Gasteiger partial charge in [-0.1, -0.05) is 11.6 Å². The van der Waals surface area contributed by atoms with E-state index in [4.69, 9.17) is 16.3 Å². The third kappa shape index (κ3) is 3.04. The topological polar surface area (TPSA) is 50.3 Å². The summed E-state index contributed by atoms with van der Waals surface area (Å²) in [4.78, 5) is 2.33. The third-order valence-corrected chi connectivity index (χ3v) is 4.19. The van der Waals surface area contributed by atoms with Gasteiger partial charge in [0.1, 0.15) is 5.75 Å². The Morgan fingerprint density at radius 1 is 1.33 bits per heavy atom. The fraction of sp³-hybridized carbons (Fsp3) is 0.467. The lowest BCUT2D eigenvalue weighted by Gasteiger charge is -2.30. The SMILES string of the molecule is COc1ccc2c(N[C@@H]3CCCN(C)C3)nnc(Cl)c2c1. The number of likely N-dealkylation sites (tertiary alicyclic amines) is 1. The van der Waals surface area contributed by atoms with Crippen LogP contribution < -0.4 is 10.1 Å². The molecule has 112 valence electrons. The van der Waals surface area contributed by atoms with Crippen molar-refractivity contribution in [2.45, 2.75) is 18.9 Å². The predicted molar refractivity (Wildman–Crippen MR) is 85.2 cm³/mol. The monoisotopic (exact) mass is 306 g/mol. The summed E-state index contributed by atoms with van der Waals surface area (Å²) in [7, 11) is 3.78. The molecule has 1 aliphatic rings. The van der Waals surface area contributed by atoms with Gasteiger partial charge in [0.15, 0.2) is 11.0 Å². The van der Waals surface area contributed by atoms with Crippen molar-refractivity contribution in [3.05, 3.63) is 23.4 Å². The lowest BCUT2D eigenvalue weighted by atomic mass is 10.1. The van der Waals surface area contributed by atoms with Crippen LogP contribution in [0.15, 0.2) is 18.2 Å². The van der Waals surface area contributed by atoms with E-state index < -0.39 is 0 Å². The average molecular weight is 307 g/mol. The van der Waals surface area contributed by atoms with Crippen LogP contribution >= 0.6 is 11.6 Å². The summed E-state index contributed by atoms with van der Waals surface area (Å²) < 4.78 is 5.25. The molecular formula is C15H19ClN4O. The second-order valence-electron chi connectivity index (χ2n) is 5.50. The van der Waals surface area contributed by atoms with E-state index in [0.717, 1.165) is 41.9 Å². The molecule has 1 N–H and O–H groups in total. The van der Waals surface area contributed by atoms with Gasteiger partial charge in [0, 0.05) is 23.4 Å². The highest BCUT2D eigenvalue weighted by Gasteiger charge is 2.19. The highest BCUT2D eigenvalue weighted by Crippen LogP contribution is 2.30. The zero-order valence-electron chi connectivity index (χ0n) is 12.3. The molecule has 3 rings (SSSR count). The summed E-state index contributed by atoms with van der Waals surface area (Å²) in [6, 6.07) is 6.18. The van der Waals surface area contributed by atoms with E-state index in [2.05, 4.69) is 27.5 Å². The Morgan fingerprint density at radius 3 is 2.95 bits per heavy atom. The highest BCUT2D eigenvalue weighted by atomic mass is 35.5. The number of piperidine rings is 1. The zero-order chi connectivity index (χ0) is 14.8. The van der Waals surface area contributed by atoms with E-state index >= 15 is 0 Å². The number of likely N-dealkylation sites (N-methyl/N-ethyl adjacent to an activating group) is 1. The molecule has 1 atom stereocenters. The number of fused-ring (bicyclic) bond motifs is 1. The van der Waals surface area contributed by atoms with Gasteiger partial charge in [-0.25, -0.2) is 0 Å². The fourth-order valence-corrected chi connectivity index (χ4v) is 3.01. The molecule has 1 aliphatic heterocycles. The van der Waals surface area contributed by atoms with Gasteiger partial charge < -0.3 is 15.0 Å². The molecule has 0 unspecified atom stereocenters. The summed E-state index contributed by atoms with van der Waals surface area (Å²) in [5.41, 5.74) is 0. The van der Waals surface area contributed by atoms with Gasteiger partial charge in [-0.3, -0.25) is 0 Å². The van der Waals surface area contributed by atoms with Crippen molar-refractivity contribution in [1.82, 2.24) is 15.1 Å². The van der Waals surface area contributed by atoms with Gasteiger partial charge in [-0.2, -0.15) is 0 Å². The molecule has 0 amide bonds. The zero-order valence-corrected chi connectivity index (χ0v) is 13.0. The molecule has 21 heavy (non-hydrogen) atoms. The van der Waals surface area contributed by atoms with E-state index in [9.17, 15) is 0 Å². The number of ether oxygens (including phenoxy) is 1. The Kier molecular flexibility index (Phi) is 4.12. The van der Waals surface area contributed by atoms with Gasteiger partial charge in [0.05, 0.1) is 7.11 Å². The molecule has 0 radical (unpaired) electrons. The molecule has 1 saturated heterocycles. The van der Waals surface area contributed by atoms with Crippen LogP contribution in [0.2, 0.25) is 5.15 Å². The molecule has 1 aromatic carbocycles. The molecule has 5 nitrogen and oxygen atoms in total. The normalized spacial score (nSPS) is 19.7. The van der Waals surface area contributed by atoms with Crippen molar-refractivity contribution in [3.63, 3.8) is 0 Å². The van der Waals surface area contributed by atoms with E-state index in [1.54, 1.807) is 7.11 Å². The molecule has 0 aliphatic carbocycles. The molecule has 1 aromatic heterocycles. The number of rotatable bonds is 3. The number of nitrogens with one attached hydrogen (secondary N) is 1. The minimum atomic E-state index is 0.393. The number of halogens is 1. The van der Waals surface area contributed by atoms with Crippen molar-refractivity contribution in [1.29, 1.82) is 0 Å². The molecule has 2 heterocycles. The molecule has 2 aromatic rings. The number of hydrogen-bond donors (Lipinski definition) is 1. The van der Waals surface area contributed by atoms with E-state index in [1.807, 2.05) is 18.2 Å². The summed E-state index contributed by atoms with van der Waals surface area (Å²) in [5, 5.41) is 14.0. The van der Waals surface area contributed by atoms with Crippen LogP contribution in [0.4, 0.5) is 5.82 Å². The van der Waals surface area contributed by atoms with Crippen molar-refractivity contribution < 1.29 is 4.74 Å². The van der Waals surface area contributed by atoms with Gasteiger partial charge in [-0.05, 0) is 44.6 Å². The van der Waals surface area contributed by atoms with Gasteiger partial charge in [-0.15, -0.1) is 10.2 Å². The van der Waals surface area contributed by atoms with Crippen LogP contribution in [0, 0.1) is 0 Å². The number of nitrogens with zero attached hydrogens (tertiary/aromatic N) is 3. The standard InChI is InChI=1S/C15H19ClN4O/c1-20-7-3-4-10(9-20)17-15-12-6-5-11(21-2)8-13(12)14(16)18-19-15/h5-6,8,10H,3-4,7,9H2,1-2H3,(H,17,19)/t10-/m1/s1. The van der Waals surface area contributed by atoms with Crippen LogP contribution in [0.5, 0.6) is 5.75 Å². The van der Waals surface area contributed by atoms with Crippen LogP contribution in [-0.4, -0.2) is 48.4 Å². The maximum atomic E-state index is 6.16. The van der Waals surface area contributed by atoms with Crippen LogP contribution in [0.3, 0.4) is 0 Å². The molecule has 0 saturated carbocycles. The van der Waals surface area contributed by atoms with E-state index in [0.29, 0.717) is 11.2 Å². The first kappa shape index (κ1) is 14.4. The average Bonchev–Trinajstić information content (AvgIpc) is 2.50. The second kappa shape index (κ2) is 6.03. The molecule has 6 heteroatoms. The molecule has 0 spiro atoms. The Labute approximate surface area is 129 Å². The molecule has 0 bridgehead atoms. The summed E-state index contributed by atoms with van der Waals surface area (Å²) in [6.07, 6.45) is 2.34. The first-order valence-corrected chi connectivity index (χ1v) is 7.50. The van der Waals surface area contributed by atoms with Crippen molar-refractivity contribution in [2.24, 2.45) is 0 Å². The lowest BCUT2D eigenvalue weighted by Crippen LogP contribution is -2.40. The minimum Gasteiger partial charge on any atom is -0.497 e. The Balaban J connectivity index is 1.93. The largest absolute Gasteiger partial charge is 0.497 e. The second-order valence-corrected chi connectivity index (χ2v) is 5.85. The Morgan fingerprint density at radius 2 is 2.19 bits per heavy atom. The quantitative estimate of drug-likeness (QED) is 0.945. The number of benzene rings is 1. The summed E-state index contributed by atoms with van der Waals surface area (Å²) >= 11 is 6.16. The lowest BCUT2D eigenvalue weighted by molar-refractivity contribution is 0.261. The maximum Gasteiger partial charge on any atom is 0.159 e. The van der Waals surface area contributed by atoms with Crippen molar-refractivity contribution >= 4 is 28.2 Å². The first-order valence-electron chi connectivity index (χ1n) is 7.12. The van der Waals surface area contributed by atoms with Crippen molar-refractivity contribution in [3.8, 4) is 5.75 Å². The summed E-state index contributed by atoms with van der Waals surface area (Å²) in [5.74, 6) is 1.55. The maximum absolute atomic E-state index is 6.16. The first-order chi connectivity index (χ1) is 10.2. The Bertz CT molecular complexity index is 649. The van der Waals surface area contributed by atoms with Crippen LogP contribution in [0.1, 0.15) is 12.8 Å². The number of aromatic nitrogens is 2. The minimum absolute atomic E-state index is 0.393. The number of hydrogen-bond acceptors (Lipinski definition) is 5. The van der Waals surface area contributed by atoms with Crippen LogP contribution in [-0.2, 0) is 0 Å².